The van der Waals surface area contributed by atoms with Crippen LogP contribution in [0.3, 0.4) is 0 Å². The van der Waals surface area contributed by atoms with Crippen molar-refractivity contribution in [3.8, 4) is 0 Å². The van der Waals surface area contributed by atoms with Crippen LogP contribution >= 0.6 is 0 Å². The normalized spacial score (nSPS) is 10.0. The van der Waals surface area contributed by atoms with Crippen molar-refractivity contribution in [3.63, 3.8) is 0 Å². The maximum atomic E-state index is 10.9. The first-order valence-corrected chi connectivity index (χ1v) is 3.84. The van der Waals surface area contributed by atoms with E-state index in [0.29, 0.717) is 0 Å². The second kappa shape index (κ2) is 6.11. The van der Waals surface area contributed by atoms with Crippen molar-refractivity contribution >= 4 is 17.5 Å². The van der Waals surface area contributed by atoms with Crippen LogP contribution in [0, 0.1) is 0 Å². The smallest absolute Gasteiger partial charge is 0.305 e. The van der Waals surface area contributed by atoms with Gasteiger partial charge < -0.3 is 4.74 Å². The number of hydrogen-bond acceptors (Lipinski definition) is 4. The van der Waals surface area contributed by atoms with E-state index in [0.717, 1.165) is 0 Å². The van der Waals surface area contributed by atoms with Gasteiger partial charge in [0.05, 0.1) is 13.5 Å². The van der Waals surface area contributed by atoms with Crippen molar-refractivity contribution in [2.24, 2.45) is 0 Å². The van der Waals surface area contributed by atoms with E-state index in [1.807, 2.05) is 0 Å². The zero-order valence-electron chi connectivity index (χ0n) is 7.70. The van der Waals surface area contributed by atoms with Crippen molar-refractivity contribution in [2.45, 2.75) is 19.8 Å². The molecule has 4 nitrogen and oxygen atoms in total. The van der Waals surface area contributed by atoms with Gasteiger partial charge in [-0.25, -0.2) is 0 Å². The van der Waals surface area contributed by atoms with Crippen molar-refractivity contribution in [1.82, 2.24) is 0 Å². The molecule has 0 atom stereocenters. The van der Waals surface area contributed by atoms with Gasteiger partial charge in [0.25, 0.3) is 0 Å². The summed E-state index contributed by atoms with van der Waals surface area (Å²) in [5.41, 5.74) is 0. The average Bonchev–Trinajstić information content (AvgIpc) is 2.10. The highest BCUT2D eigenvalue weighted by Crippen LogP contribution is 1.94. The largest absolute Gasteiger partial charge is 0.469 e. The fourth-order valence-electron chi connectivity index (χ4n) is 0.621. The molecule has 0 spiro atoms. The highest BCUT2D eigenvalue weighted by Gasteiger charge is 2.03. The number of ketones is 2. The maximum Gasteiger partial charge on any atom is 0.305 e. The van der Waals surface area contributed by atoms with Gasteiger partial charge >= 0.3 is 5.97 Å². The summed E-state index contributed by atoms with van der Waals surface area (Å²) >= 11 is 0. The van der Waals surface area contributed by atoms with Crippen LogP contribution in [-0.4, -0.2) is 24.6 Å². The van der Waals surface area contributed by atoms with E-state index >= 15 is 0 Å². The summed E-state index contributed by atoms with van der Waals surface area (Å²) in [5, 5.41) is 0. The molecule has 0 heterocycles. The molecule has 13 heavy (non-hydrogen) atoms. The van der Waals surface area contributed by atoms with Crippen LogP contribution in [0.25, 0.3) is 0 Å². The molecule has 0 saturated heterocycles. The fourth-order valence-corrected chi connectivity index (χ4v) is 0.621. The lowest BCUT2D eigenvalue weighted by molar-refractivity contribution is -0.141. The molecule has 72 valence electrons. The standard InChI is InChI=1S/C9H12O4/c1-7(10)3-4-8(11)5-6-9(12)13-2/h3-4H,5-6H2,1-2H3/b4-3+. The van der Waals surface area contributed by atoms with Crippen LogP contribution < -0.4 is 0 Å². The van der Waals surface area contributed by atoms with E-state index in [1.165, 1.54) is 26.2 Å². The first-order valence-electron chi connectivity index (χ1n) is 3.84. The van der Waals surface area contributed by atoms with E-state index in [-0.39, 0.29) is 24.4 Å². The number of allylic oxidation sites excluding steroid dienone is 2. The maximum absolute atomic E-state index is 10.9. The number of methoxy groups -OCH3 is 1. The molecule has 4 heteroatoms. The molecule has 0 N–H and O–H groups in total. The van der Waals surface area contributed by atoms with Gasteiger partial charge in [-0.15, -0.1) is 0 Å². The van der Waals surface area contributed by atoms with Crippen LogP contribution in [0.1, 0.15) is 19.8 Å². The molecule has 0 aliphatic rings. The third-order valence-corrected chi connectivity index (χ3v) is 1.31. The topological polar surface area (TPSA) is 60.4 Å². The molecule has 0 fully saturated rings. The quantitative estimate of drug-likeness (QED) is 0.465. The van der Waals surface area contributed by atoms with Gasteiger partial charge in [-0.05, 0) is 19.1 Å². The number of hydrogen-bond donors (Lipinski definition) is 0. The molecule has 0 saturated carbocycles. The molecule has 0 aliphatic carbocycles. The lowest BCUT2D eigenvalue weighted by Crippen LogP contribution is -2.03. The molecule has 0 unspecified atom stereocenters. The molecule has 0 rings (SSSR count). The second-order valence-corrected chi connectivity index (χ2v) is 2.49. The summed E-state index contributed by atoms with van der Waals surface area (Å²) in [5.74, 6) is -0.864. The number of esters is 1. The molecule has 0 aliphatic heterocycles. The summed E-state index contributed by atoms with van der Waals surface area (Å²) in [6.07, 6.45) is 2.49. The van der Waals surface area contributed by atoms with Crippen LogP contribution in [0.4, 0.5) is 0 Å². The summed E-state index contributed by atoms with van der Waals surface area (Å²) in [4.78, 5) is 31.9. The minimum Gasteiger partial charge on any atom is -0.469 e. The fraction of sp³-hybridized carbons (Fsp3) is 0.444. The van der Waals surface area contributed by atoms with Crippen molar-refractivity contribution in [2.75, 3.05) is 7.11 Å². The van der Waals surface area contributed by atoms with Crippen LogP contribution in [-0.2, 0) is 19.1 Å². The first kappa shape index (κ1) is 11.6. The Hall–Kier alpha value is -1.45. The van der Waals surface area contributed by atoms with Gasteiger partial charge in [-0.2, -0.15) is 0 Å². The summed E-state index contributed by atoms with van der Waals surface area (Å²) in [6, 6.07) is 0. The Balaban J connectivity index is 3.76. The molecule has 0 amide bonds. The monoisotopic (exact) mass is 184 g/mol. The number of ether oxygens (including phenoxy) is 1. The highest BCUT2D eigenvalue weighted by molar-refractivity contribution is 5.98. The minimum atomic E-state index is -0.426. The Morgan fingerprint density at radius 1 is 1.15 bits per heavy atom. The second-order valence-electron chi connectivity index (χ2n) is 2.49. The van der Waals surface area contributed by atoms with Crippen molar-refractivity contribution in [1.29, 1.82) is 0 Å². The average molecular weight is 184 g/mol. The molecule has 0 radical (unpaired) electrons. The zero-order valence-corrected chi connectivity index (χ0v) is 7.70. The van der Waals surface area contributed by atoms with Gasteiger partial charge in [0.2, 0.25) is 0 Å². The molecular weight excluding hydrogens is 172 g/mol. The Labute approximate surface area is 76.6 Å². The third-order valence-electron chi connectivity index (χ3n) is 1.31. The predicted molar refractivity (Wildman–Crippen MR) is 46.1 cm³/mol. The SMILES string of the molecule is COC(=O)CCC(=O)/C=C/C(C)=O. The van der Waals surface area contributed by atoms with E-state index in [2.05, 4.69) is 4.74 Å². The Bertz CT molecular complexity index is 240. The Morgan fingerprint density at radius 2 is 1.77 bits per heavy atom. The van der Waals surface area contributed by atoms with E-state index in [4.69, 9.17) is 0 Å². The van der Waals surface area contributed by atoms with Gasteiger partial charge in [-0.1, -0.05) is 0 Å². The number of carbonyl (C=O) groups is 3. The summed E-state index contributed by atoms with van der Waals surface area (Å²) in [6.45, 7) is 1.35. The van der Waals surface area contributed by atoms with Crippen LogP contribution in [0.15, 0.2) is 12.2 Å². The van der Waals surface area contributed by atoms with Gasteiger partial charge in [0.15, 0.2) is 11.6 Å². The zero-order chi connectivity index (χ0) is 10.3. The van der Waals surface area contributed by atoms with Crippen molar-refractivity contribution < 1.29 is 19.1 Å². The van der Waals surface area contributed by atoms with Crippen molar-refractivity contribution in [3.05, 3.63) is 12.2 Å². The third kappa shape index (κ3) is 6.93. The predicted octanol–water partition coefficient (Wildman–Crippen LogP) is 0.654. The number of carbonyl (C=O) groups excluding carboxylic acids is 3. The van der Waals surface area contributed by atoms with E-state index in [9.17, 15) is 14.4 Å². The van der Waals surface area contributed by atoms with Gasteiger partial charge in [0, 0.05) is 6.42 Å². The molecule has 0 aromatic rings. The Kier molecular flexibility index (Phi) is 5.43. The minimum absolute atomic E-state index is 0.0532. The highest BCUT2D eigenvalue weighted by atomic mass is 16.5. The molecule has 0 bridgehead atoms. The molecule has 0 aromatic heterocycles. The van der Waals surface area contributed by atoms with E-state index in [1.54, 1.807) is 0 Å². The van der Waals surface area contributed by atoms with Gasteiger partial charge in [0.1, 0.15) is 0 Å². The van der Waals surface area contributed by atoms with E-state index < -0.39 is 5.97 Å². The Morgan fingerprint density at radius 3 is 2.23 bits per heavy atom. The first-order chi connectivity index (χ1) is 6.06. The lowest BCUT2D eigenvalue weighted by Gasteiger charge is -1.94. The van der Waals surface area contributed by atoms with Crippen LogP contribution in [0.2, 0.25) is 0 Å². The van der Waals surface area contributed by atoms with Gasteiger partial charge in [-0.3, -0.25) is 14.4 Å². The molecule has 0 aromatic carbocycles. The summed E-state index contributed by atoms with van der Waals surface area (Å²) in [7, 11) is 1.26. The lowest BCUT2D eigenvalue weighted by atomic mass is 10.2. The number of rotatable bonds is 5. The van der Waals surface area contributed by atoms with Crippen LogP contribution in [0.5, 0.6) is 0 Å². The molecular formula is C9H12O4. The summed E-state index contributed by atoms with van der Waals surface area (Å²) < 4.78 is 4.34.